The molecule has 0 saturated carbocycles. The molecule has 0 atom stereocenters. The quantitative estimate of drug-likeness (QED) is 0.874. The van der Waals surface area contributed by atoms with Crippen molar-refractivity contribution in [3.05, 3.63) is 47.3 Å². The lowest BCUT2D eigenvalue weighted by atomic mass is 10.1. The molecule has 2 rings (SSSR count). The van der Waals surface area contributed by atoms with Crippen molar-refractivity contribution in [1.29, 1.82) is 0 Å². The molecule has 1 aromatic heterocycles. The molecule has 0 radical (unpaired) electrons. The molecule has 0 fully saturated rings. The molecule has 0 aliphatic carbocycles. The fourth-order valence-corrected chi connectivity index (χ4v) is 2.09. The molecule has 106 valence electrons. The van der Waals surface area contributed by atoms with E-state index in [2.05, 4.69) is 60.3 Å². The van der Waals surface area contributed by atoms with Gasteiger partial charge < -0.3 is 11.1 Å². The summed E-state index contributed by atoms with van der Waals surface area (Å²) in [5.74, 6) is 2.33. The summed E-state index contributed by atoms with van der Waals surface area (Å²) in [6, 6.07) is 10.2. The number of nitrogens with one attached hydrogen (secondary N) is 1. The number of rotatable bonds is 5. The normalized spacial score (nSPS) is 10.8. The van der Waals surface area contributed by atoms with Crippen LogP contribution in [0.2, 0.25) is 0 Å². The summed E-state index contributed by atoms with van der Waals surface area (Å²) in [5.41, 5.74) is 8.47. The predicted molar refractivity (Wildman–Crippen MR) is 83.7 cm³/mol. The van der Waals surface area contributed by atoms with E-state index in [-0.39, 0.29) is 5.92 Å². The van der Waals surface area contributed by atoms with Crippen LogP contribution in [0.4, 0.5) is 11.6 Å². The molecule has 0 unspecified atom stereocenters. The van der Waals surface area contributed by atoms with Gasteiger partial charge in [-0.2, -0.15) is 0 Å². The summed E-state index contributed by atoms with van der Waals surface area (Å²) in [6.07, 6.45) is 1.03. The highest BCUT2D eigenvalue weighted by molar-refractivity contribution is 5.45. The van der Waals surface area contributed by atoms with E-state index in [0.29, 0.717) is 5.82 Å². The Hall–Kier alpha value is -2.10. The van der Waals surface area contributed by atoms with Crippen molar-refractivity contribution in [2.75, 3.05) is 11.1 Å². The van der Waals surface area contributed by atoms with Crippen LogP contribution in [0.25, 0.3) is 0 Å². The minimum atomic E-state index is 0.266. The third-order valence-electron chi connectivity index (χ3n) is 3.24. The Morgan fingerprint density at radius 3 is 2.50 bits per heavy atom. The first-order valence-corrected chi connectivity index (χ1v) is 7.05. The second-order valence-corrected chi connectivity index (χ2v) is 5.17. The maximum absolute atomic E-state index is 5.83. The Balaban J connectivity index is 2.14. The zero-order valence-corrected chi connectivity index (χ0v) is 12.4. The van der Waals surface area contributed by atoms with E-state index in [9.17, 15) is 0 Å². The molecule has 2 aromatic rings. The molecule has 0 amide bonds. The molecule has 0 aliphatic rings. The number of nitrogens with two attached hydrogens (primary N) is 1. The number of benzene rings is 1. The minimum Gasteiger partial charge on any atom is -0.384 e. The molecule has 3 N–H and O–H groups in total. The van der Waals surface area contributed by atoms with Gasteiger partial charge in [-0.05, 0) is 17.5 Å². The lowest BCUT2D eigenvalue weighted by molar-refractivity contribution is 0.777. The zero-order valence-electron chi connectivity index (χ0n) is 12.4. The van der Waals surface area contributed by atoms with E-state index in [1.54, 1.807) is 6.07 Å². The fourth-order valence-electron chi connectivity index (χ4n) is 2.09. The van der Waals surface area contributed by atoms with E-state index >= 15 is 0 Å². The van der Waals surface area contributed by atoms with Gasteiger partial charge in [-0.3, -0.25) is 0 Å². The molecular formula is C16H22N4. The van der Waals surface area contributed by atoms with Gasteiger partial charge in [0, 0.05) is 18.5 Å². The van der Waals surface area contributed by atoms with Gasteiger partial charge in [0.2, 0.25) is 0 Å². The van der Waals surface area contributed by atoms with Crippen LogP contribution in [0.3, 0.4) is 0 Å². The van der Waals surface area contributed by atoms with Crippen LogP contribution < -0.4 is 11.1 Å². The molecular weight excluding hydrogens is 248 g/mol. The maximum atomic E-state index is 5.83. The van der Waals surface area contributed by atoms with Crippen molar-refractivity contribution in [1.82, 2.24) is 9.97 Å². The van der Waals surface area contributed by atoms with Crippen LogP contribution in [0.5, 0.6) is 0 Å². The molecule has 0 aliphatic heterocycles. The highest BCUT2D eigenvalue weighted by Gasteiger charge is 2.07. The Labute approximate surface area is 120 Å². The van der Waals surface area contributed by atoms with Crippen LogP contribution >= 0.6 is 0 Å². The summed E-state index contributed by atoms with van der Waals surface area (Å²) in [4.78, 5) is 8.75. The third-order valence-corrected chi connectivity index (χ3v) is 3.24. The van der Waals surface area contributed by atoms with Crippen LogP contribution in [0.15, 0.2) is 30.3 Å². The largest absolute Gasteiger partial charge is 0.384 e. The van der Waals surface area contributed by atoms with Gasteiger partial charge in [0.15, 0.2) is 0 Å². The van der Waals surface area contributed by atoms with Crippen molar-refractivity contribution in [2.24, 2.45) is 0 Å². The minimum absolute atomic E-state index is 0.266. The van der Waals surface area contributed by atoms with Gasteiger partial charge in [-0.15, -0.1) is 0 Å². The molecule has 0 spiro atoms. The number of hydrogen-bond donors (Lipinski definition) is 2. The van der Waals surface area contributed by atoms with Gasteiger partial charge in [-0.25, -0.2) is 9.97 Å². The number of nitrogen functional groups attached to an aromatic ring is 1. The topological polar surface area (TPSA) is 63.8 Å². The van der Waals surface area contributed by atoms with E-state index in [4.69, 9.17) is 5.73 Å². The zero-order chi connectivity index (χ0) is 14.5. The second kappa shape index (κ2) is 6.37. The number of aryl methyl sites for hydroxylation is 1. The van der Waals surface area contributed by atoms with Crippen LogP contribution in [0, 0.1) is 0 Å². The lowest BCUT2D eigenvalue weighted by Crippen LogP contribution is -2.08. The molecule has 1 heterocycles. The van der Waals surface area contributed by atoms with Crippen molar-refractivity contribution >= 4 is 11.6 Å². The fraction of sp³-hybridized carbons (Fsp3) is 0.375. The Morgan fingerprint density at radius 2 is 1.85 bits per heavy atom. The average molecular weight is 270 g/mol. The van der Waals surface area contributed by atoms with E-state index in [1.165, 1.54) is 11.1 Å². The van der Waals surface area contributed by atoms with Gasteiger partial charge in [0.25, 0.3) is 0 Å². The average Bonchev–Trinajstić information content (AvgIpc) is 2.44. The van der Waals surface area contributed by atoms with Gasteiger partial charge in [0.1, 0.15) is 17.5 Å². The molecule has 4 nitrogen and oxygen atoms in total. The summed E-state index contributed by atoms with van der Waals surface area (Å²) < 4.78 is 0. The third kappa shape index (κ3) is 3.47. The number of hydrogen-bond acceptors (Lipinski definition) is 4. The molecule has 0 bridgehead atoms. The first-order valence-electron chi connectivity index (χ1n) is 7.05. The molecule has 0 saturated heterocycles. The lowest BCUT2D eigenvalue weighted by Gasteiger charge is -2.12. The number of nitrogens with zero attached hydrogens (tertiary/aromatic N) is 2. The van der Waals surface area contributed by atoms with Crippen molar-refractivity contribution in [3.8, 4) is 0 Å². The van der Waals surface area contributed by atoms with Crippen molar-refractivity contribution < 1.29 is 0 Å². The standard InChI is InChI=1S/C16H22N4/c1-4-12-7-5-6-8-13(12)10-18-15-9-14(17)19-16(20-15)11(2)3/h5-9,11H,4,10H2,1-3H3,(H3,17,18,19,20). The predicted octanol–water partition coefficient (Wildman–Crippen LogP) is 3.36. The highest BCUT2D eigenvalue weighted by atomic mass is 15.0. The van der Waals surface area contributed by atoms with E-state index < -0.39 is 0 Å². The van der Waals surface area contributed by atoms with E-state index in [1.807, 2.05) is 0 Å². The van der Waals surface area contributed by atoms with Crippen molar-refractivity contribution in [2.45, 2.75) is 39.7 Å². The molecule has 1 aromatic carbocycles. The van der Waals surface area contributed by atoms with Gasteiger partial charge in [-0.1, -0.05) is 45.0 Å². The SMILES string of the molecule is CCc1ccccc1CNc1cc(N)nc(C(C)C)n1. The highest BCUT2D eigenvalue weighted by Crippen LogP contribution is 2.17. The Bertz CT molecular complexity index is 578. The summed E-state index contributed by atoms with van der Waals surface area (Å²) >= 11 is 0. The van der Waals surface area contributed by atoms with Crippen molar-refractivity contribution in [3.63, 3.8) is 0 Å². The Morgan fingerprint density at radius 1 is 1.15 bits per heavy atom. The summed E-state index contributed by atoms with van der Waals surface area (Å²) in [5, 5.41) is 3.34. The van der Waals surface area contributed by atoms with E-state index in [0.717, 1.165) is 24.6 Å². The summed E-state index contributed by atoms with van der Waals surface area (Å²) in [6.45, 7) is 7.03. The second-order valence-electron chi connectivity index (χ2n) is 5.17. The first kappa shape index (κ1) is 14.3. The summed E-state index contributed by atoms with van der Waals surface area (Å²) in [7, 11) is 0. The van der Waals surface area contributed by atoms with Crippen LogP contribution in [-0.4, -0.2) is 9.97 Å². The first-order chi connectivity index (χ1) is 9.60. The number of aromatic nitrogens is 2. The monoisotopic (exact) mass is 270 g/mol. The van der Waals surface area contributed by atoms with Gasteiger partial charge in [0.05, 0.1) is 0 Å². The smallest absolute Gasteiger partial charge is 0.135 e. The molecule has 20 heavy (non-hydrogen) atoms. The van der Waals surface area contributed by atoms with Crippen LogP contribution in [-0.2, 0) is 13.0 Å². The van der Waals surface area contributed by atoms with Crippen LogP contribution in [0.1, 0.15) is 43.6 Å². The Kier molecular flexibility index (Phi) is 4.56. The number of anilines is 2. The maximum Gasteiger partial charge on any atom is 0.135 e. The van der Waals surface area contributed by atoms with Gasteiger partial charge >= 0.3 is 0 Å². The molecule has 4 heteroatoms.